The van der Waals surface area contributed by atoms with E-state index >= 15 is 0 Å². The molecule has 1 aliphatic carbocycles. The van der Waals surface area contributed by atoms with Crippen molar-refractivity contribution in [2.24, 2.45) is 0 Å². The molecular weight excluding hydrogens is 308 g/mol. The average molecular weight is 321 g/mol. The molecule has 1 fully saturated rings. The van der Waals surface area contributed by atoms with Gasteiger partial charge in [-0.3, -0.25) is 0 Å². The summed E-state index contributed by atoms with van der Waals surface area (Å²) < 4.78 is 0.884. The third-order valence-electron chi connectivity index (χ3n) is 2.84. The van der Waals surface area contributed by atoms with Gasteiger partial charge in [0, 0.05) is 16.9 Å². The number of benzene rings is 1. The van der Waals surface area contributed by atoms with Gasteiger partial charge in [-0.2, -0.15) is 0 Å². The molecule has 1 aromatic carbocycles. The number of aromatic nitrogens is 2. The van der Waals surface area contributed by atoms with E-state index in [1.54, 1.807) is 11.8 Å². The van der Waals surface area contributed by atoms with Crippen LogP contribution in [0.15, 0.2) is 44.9 Å². The van der Waals surface area contributed by atoms with Crippen LogP contribution in [-0.4, -0.2) is 9.97 Å². The fourth-order valence-corrected chi connectivity index (χ4v) is 3.28. The third kappa shape index (κ3) is 2.93. The second kappa shape index (κ2) is 5.02. The summed E-state index contributed by atoms with van der Waals surface area (Å²) in [7, 11) is 0. The highest BCUT2D eigenvalue weighted by Crippen LogP contribution is 2.39. The number of nitrogens with zero attached hydrogens (tertiary/aromatic N) is 2. The number of rotatable bonds is 3. The van der Waals surface area contributed by atoms with Crippen molar-refractivity contribution >= 4 is 27.7 Å². The minimum absolute atomic E-state index is 0.583. The third-order valence-corrected chi connectivity index (χ3v) is 4.16. The Labute approximate surface area is 119 Å². The Hall–Kier alpha value is -0.870. The lowest BCUT2D eigenvalue weighted by molar-refractivity contribution is 0.866. The van der Waals surface area contributed by atoms with Gasteiger partial charge >= 0.3 is 0 Å². The van der Waals surface area contributed by atoms with Crippen molar-refractivity contribution in [1.29, 1.82) is 0 Å². The summed E-state index contributed by atoms with van der Waals surface area (Å²) >= 11 is 5.17. The normalized spacial score (nSPS) is 14.8. The predicted molar refractivity (Wildman–Crippen MR) is 77.0 cm³/mol. The lowest BCUT2D eigenvalue weighted by Gasteiger charge is -2.05. The van der Waals surface area contributed by atoms with E-state index in [0.717, 1.165) is 15.5 Å². The predicted octanol–water partition coefficient (Wildman–Crippen LogP) is 4.58. The van der Waals surface area contributed by atoms with Gasteiger partial charge in [0.25, 0.3) is 0 Å². The highest BCUT2D eigenvalue weighted by atomic mass is 79.9. The molecule has 0 N–H and O–H groups in total. The van der Waals surface area contributed by atoms with Crippen LogP contribution in [0.2, 0.25) is 0 Å². The molecule has 2 aromatic rings. The lowest BCUT2D eigenvalue weighted by atomic mass is 10.2. The van der Waals surface area contributed by atoms with E-state index in [1.165, 1.54) is 23.3 Å². The second-order valence-electron chi connectivity index (χ2n) is 4.58. The molecule has 1 aliphatic rings. The molecule has 1 heterocycles. The topological polar surface area (TPSA) is 25.8 Å². The summed E-state index contributed by atoms with van der Waals surface area (Å²) in [6.07, 6.45) is 2.45. The Bertz CT molecular complexity index is 582. The monoisotopic (exact) mass is 320 g/mol. The largest absolute Gasteiger partial charge is 0.226 e. The van der Waals surface area contributed by atoms with Crippen LogP contribution >= 0.6 is 27.7 Å². The van der Waals surface area contributed by atoms with E-state index in [2.05, 4.69) is 57.1 Å². The van der Waals surface area contributed by atoms with Crippen LogP contribution in [0.4, 0.5) is 0 Å². The van der Waals surface area contributed by atoms with Crippen molar-refractivity contribution in [2.45, 2.75) is 35.6 Å². The molecule has 4 heteroatoms. The van der Waals surface area contributed by atoms with Crippen LogP contribution in [-0.2, 0) is 0 Å². The molecule has 1 aromatic heterocycles. The minimum atomic E-state index is 0.583. The molecule has 0 spiro atoms. The van der Waals surface area contributed by atoms with Crippen LogP contribution in [0, 0.1) is 6.92 Å². The quantitative estimate of drug-likeness (QED) is 0.774. The number of hydrogen-bond acceptors (Lipinski definition) is 3. The molecule has 0 bridgehead atoms. The molecule has 0 atom stereocenters. The lowest BCUT2D eigenvalue weighted by Crippen LogP contribution is -1.94. The van der Waals surface area contributed by atoms with Crippen molar-refractivity contribution < 1.29 is 0 Å². The van der Waals surface area contributed by atoms with Crippen molar-refractivity contribution in [3.8, 4) is 0 Å². The molecule has 0 aliphatic heterocycles. The first kappa shape index (κ1) is 12.2. The fourth-order valence-electron chi connectivity index (χ4n) is 1.79. The average Bonchev–Trinajstić information content (AvgIpc) is 3.11. The van der Waals surface area contributed by atoms with Gasteiger partial charge in [-0.05, 0) is 47.8 Å². The fraction of sp³-hybridized carbons (Fsp3) is 0.286. The van der Waals surface area contributed by atoms with Gasteiger partial charge in [-0.1, -0.05) is 29.5 Å². The summed E-state index contributed by atoms with van der Waals surface area (Å²) in [5.74, 6) is 1.57. The zero-order chi connectivity index (χ0) is 12.5. The molecule has 0 saturated heterocycles. The highest BCUT2D eigenvalue weighted by Gasteiger charge is 2.27. The maximum atomic E-state index is 4.64. The molecule has 2 nitrogen and oxygen atoms in total. The standard InChI is InChI=1S/C14H13BrN2S/c1-9-3-2-4-11(7-9)18-13-8-12(15)16-14(17-13)10-5-6-10/h2-4,7-8,10H,5-6H2,1H3. The van der Waals surface area contributed by atoms with Crippen LogP contribution in [0.3, 0.4) is 0 Å². The van der Waals surface area contributed by atoms with E-state index < -0.39 is 0 Å². The van der Waals surface area contributed by atoms with Crippen molar-refractivity contribution in [2.75, 3.05) is 0 Å². The Kier molecular flexibility index (Phi) is 3.39. The van der Waals surface area contributed by atoms with Gasteiger partial charge in [-0.15, -0.1) is 0 Å². The first-order valence-corrected chi connectivity index (χ1v) is 7.61. The Morgan fingerprint density at radius 3 is 2.78 bits per heavy atom. The van der Waals surface area contributed by atoms with Crippen molar-refractivity contribution in [3.05, 3.63) is 46.3 Å². The first-order chi connectivity index (χ1) is 8.70. The van der Waals surface area contributed by atoms with Gasteiger partial charge in [0.1, 0.15) is 15.5 Å². The van der Waals surface area contributed by atoms with Crippen LogP contribution in [0.25, 0.3) is 0 Å². The summed E-state index contributed by atoms with van der Waals surface area (Å²) in [5.41, 5.74) is 1.27. The Morgan fingerprint density at radius 2 is 2.06 bits per heavy atom. The second-order valence-corrected chi connectivity index (χ2v) is 6.49. The zero-order valence-corrected chi connectivity index (χ0v) is 12.5. The smallest absolute Gasteiger partial charge is 0.134 e. The maximum Gasteiger partial charge on any atom is 0.134 e. The SMILES string of the molecule is Cc1cccc(Sc2cc(Br)nc(C3CC3)n2)c1. The van der Waals surface area contributed by atoms with Crippen molar-refractivity contribution in [3.63, 3.8) is 0 Å². The number of halogens is 1. The van der Waals surface area contributed by atoms with Gasteiger partial charge in [0.05, 0.1) is 0 Å². The van der Waals surface area contributed by atoms with Crippen LogP contribution < -0.4 is 0 Å². The van der Waals surface area contributed by atoms with Gasteiger partial charge < -0.3 is 0 Å². The molecule has 1 saturated carbocycles. The van der Waals surface area contributed by atoms with Gasteiger partial charge in [0.2, 0.25) is 0 Å². The summed E-state index contributed by atoms with van der Waals surface area (Å²) in [6.45, 7) is 2.11. The zero-order valence-electron chi connectivity index (χ0n) is 10.1. The Morgan fingerprint density at radius 1 is 1.22 bits per heavy atom. The highest BCUT2D eigenvalue weighted by molar-refractivity contribution is 9.10. The molecule has 18 heavy (non-hydrogen) atoms. The minimum Gasteiger partial charge on any atom is -0.226 e. The van der Waals surface area contributed by atoms with E-state index in [9.17, 15) is 0 Å². The summed E-state index contributed by atoms with van der Waals surface area (Å²) in [5, 5.41) is 1.02. The van der Waals surface area contributed by atoms with Crippen LogP contribution in [0.5, 0.6) is 0 Å². The van der Waals surface area contributed by atoms with Crippen LogP contribution in [0.1, 0.15) is 30.1 Å². The van der Waals surface area contributed by atoms with Gasteiger partial charge in [-0.25, -0.2) is 9.97 Å². The number of hydrogen-bond donors (Lipinski definition) is 0. The molecule has 3 rings (SSSR count). The first-order valence-electron chi connectivity index (χ1n) is 6.00. The maximum absolute atomic E-state index is 4.64. The molecule has 0 unspecified atom stereocenters. The molecular formula is C14H13BrN2S. The molecule has 92 valence electrons. The Balaban J connectivity index is 1.87. The number of aryl methyl sites for hydroxylation is 1. The molecule has 0 amide bonds. The van der Waals surface area contributed by atoms with Crippen molar-refractivity contribution in [1.82, 2.24) is 9.97 Å². The molecule has 0 radical (unpaired) electrons. The van der Waals surface area contributed by atoms with E-state index in [-0.39, 0.29) is 0 Å². The summed E-state index contributed by atoms with van der Waals surface area (Å²) in [6, 6.07) is 10.5. The van der Waals surface area contributed by atoms with E-state index in [1.807, 2.05) is 6.07 Å². The summed E-state index contributed by atoms with van der Waals surface area (Å²) in [4.78, 5) is 10.3. The van der Waals surface area contributed by atoms with E-state index in [0.29, 0.717) is 5.92 Å². The van der Waals surface area contributed by atoms with Gasteiger partial charge in [0.15, 0.2) is 0 Å². The van der Waals surface area contributed by atoms with E-state index in [4.69, 9.17) is 0 Å².